The summed E-state index contributed by atoms with van der Waals surface area (Å²) in [4.78, 5) is 4.55. The van der Waals surface area contributed by atoms with Crippen LogP contribution in [0.15, 0.2) is 41.4 Å². The molecule has 1 N–H and O–H groups in total. The maximum absolute atomic E-state index is 4.55. The molecular formula is C16H18N2. The summed E-state index contributed by atoms with van der Waals surface area (Å²) in [7, 11) is 0. The van der Waals surface area contributed by atoms with Gasteiger partial charge in [0.25, 0.3) is 0 Å². The van der Waals surface area contributed by atoms with E-state index in [0.717, 1.165) is 31.8 Å². The highest BCUT2D eigenvalue weighted by Crippen LogP contribution is 2.22. The van der Waals surface area contributed by atoms with Gasteiger partial charge in [-0.05, 0) is 35.2 Å². The topological polar surface area (TPSA) is 24.4 Å². The number of aryl methyl sites for hydroxylation is 1. The first-order valence-electron chi connectivity index (χ1n) is 6.59. The third kappa shape index (κ3) is 2.10. The predicted octanol–water partition coefficient (Wildman–Crippen LogP) is 3.08. The van der Waals surface area contributed by atoms with Gasteiger partial charge in [-0.25, -0.2) is 0 Å². The molecule has 0 aliphatic carbocycles. The molecular weight excluding hydrogens is 220 g/mol. The van der Waals surface area contributed by atoms with Crippen molar-refractivity contribution in [2.24, 2.45) is 4.99 Å². The Labute approximate surface area is 108 Å². The van der Waals surface area contributed by atoms with Gasteiger partial charge in [-0.3, -0.25) is 4.99 Å². The van der Waals surface area contributed by atoms with E-state index in [1.165, 1.54) is 21.9 Å². The van der Waals surface area contributed by atoms with Gasteiger partial charge in [0.2, 0.25) is 0 Å². The van der Waals surface area contributed by atoms with Gasteiger partial charge in [0.15, 0.2) is 0 Å². The van der Waals surface area contributed by atoms with E-state index in [4.69, 9.17) is 0 Å². The van der Waals surface area contributed by atoms with Crippen LogP contribution in [0.25, 0.3) is 10.8 Å². The predicted molar refractivity (Wildman–Crippen MR) is 77.3 cm³/mol. The number of hydrogen-bond acceptors (Lipinski definition) is 2. The Morgan fingerprint density at radius 3 is 2.89 bits per heavy atom. The summed E-state index contributed by atoms with van der Waals surface area (Å²) >= 11 is 0. The number of fused-ring (bicyclic) bond motifs is 1. The molecule has 1 aliphatic heterocycles. The molecule has 0 bridgehead atoms. The minimum atomic E-state index is 0.927. The van der Waals surface area contributed by atoms with Crippen LogP contribution in [-0.4, -0.2) is 18.9 Å². The van der Waals surface area contributed by atoms with Crippen LogP contribution in [0.2, 0.25) is 0 Å². The maximum Gasteiger partial charge on any atom is 0.101 e. The number of aliphatic imine (C=N–C) groups is 1. The lowest BCUT2D eigenvalue weighted by atomic mass is 9.98. The van der Waals surface area contributed by atoms with Crippen LogP contribution in [0.5, 0.6) is 0 Å². The first kappa shape index (κ1) is 11.3. The summed E-state index contributed by atoms with van der Waals surface area (Å²) < 4.78 is 0. The van der Waals surface area contributed by atoms with Crippen LogP contribution < -0.4 is 5.32 Å². The van der Waals surface area contributed by atoms with E-state index in [-0.39, 0.29) is 0 Å². The van der Waals surface area contributed by atoms with Crippen molar-refractivity contribution in [3.8, 4) is 0 Å². The molecule has 3 rings (SSSR count). The average molecular weight is 238 g/mol. The van der Waals surface area contributed by atoms with Crippen molar-refractivity contribution < 1.29 is 0 Å². The third-order valence-corrected chi connectivity index (χ3v) is 3.64. The monoisotopic (exact) mass is 238 g/mol. The lowest BCUT2D eigenvalue weighted by molar-refractivity contribution is 0.731. The van der Waals surface area contributed by atoms with Crippen LogP contribution in [0.1, 0.15) is 17.5 Å². The second-order valence-electron chi connectivity index (χ2n) is 4.86. The normalized spacial score (nSPS) is 15.3. The van der Waals surface area contributed by atoms with Crippen molar-refractivity contribution in [2.75, 3.05) is 13.1 Å². The van der Waals surface area contributed by atoms with Gasteiger partial charge in [-0.15, -0.1) is 0 Å². The largest absolute Gasteiger partial charge is 0.373 e. The number of nitrogens with one attached hydrogen (secondary N) is 1. The Bertz CT molecular complexity index is 599. The van der Waals surface area contributed by atoms with Crippen molar-refractivity contribution in [1.29, 1.82) is 0 Å². The zero-order valence-corrected chi connectivity index (χ0v) is 10.7. The molecule has 18 heavy (non-hydrogen) atoms. The summed E-state index contributed by atoms with van der Waals surface area (Å²) in [6.07, 6.45) is 2.08. The number of amidine groups is 1. The molecule has 0 saturated heterocycles. The number of hydrogen-bond donors (Lipinski definition) is 1. The fourth-order valence-electron chi connectivity index (χ4n) is 2.54. The summed E-state index contributed by atoms with van der Waals surface area (Å²) in [6.45, 7) is 4.24. The number of nitrogens with zero attached hydrogens (tertiary/aromatic N) is 1. The van der Waals surface area contributed by atoms with Crippen molar-refractivity contribution >= 4 is 16.6 Å². The summed E-state index contributed by atoms with van der Waals surface area (Å²) in [5.74, 6) is 1.14. The van der Waals surface area contributed by atoms with Gasteiger partial charge < -0.3 is 5.32 Å². The van der Waals surface area contributed by atoms with E-state index < -0.39 is 0 Å². The molecule has 0 spiro atoms. The molecule has 0 fully saturated rings. The fourth-order valence-corrected chi connectivity index (χ4v) is 2.54. The Morgan fingerprint density at radius 2 is 2.06 bits per heavy atom. The van der Waals surface area contributed by atoms with E-state index in [9.17, 15) is 0 Å². The highest BCUT2D eigenvalue weighted by Gasteiger charge is 2.08. The summed E-state index contributed by atoms with van der Waals surface area (Å²) in [6, 6.07) is 13.0. The first-order chi connectivity index (χ1) is 8.84. The molecule has 1 aliphatic rings. The molecule has 92 valence electrons. The van der Waals surface area contributed by atoms with E-state index in [0.29, 0.717) is 0 Å². The standard InChI is InChI=1S/C16H18N2/c1-12-14(11-16-17-9-4-10-18-16)8-7-13-5-2-3-6-15(12)13/h2-3,5-8H,4,9-11H2,1H3,(H,17,18). The van der Waals surface area contributed by atoms with E-state index >= 15 is 0 Å². The van der Waals surface area contributed by atoms with Crippen LogP contribution >= 0.6 is 0 Å². The van der Waals surface area contributed by atoms with Crippen LogP contribution in [0.4, 0.5) is 0 Å². The first-order valence-corrected chi connectivity index (χ1v) is 6.59. The smallest absolute Gasteiger partial charge is 0.101 e. The van der Waals surface area contributed by atoms with E-state index in [2.05, 4.69) is 53.6 Å². The molecule has 0 radical (unpaired) electrons. The van der Waals surface area contributed by atoms with Gasteiger partial charge in [0.1, 0.15) is 5.84 Å². The Morgan fingerprint density at radius 1 is 1.17 bits per heavy atom. The lowest BCUT2D eigenvalue weighted by Crippen LogP contribution is -2.31. The van der Waals surface area contributed by atoms with Gasteiger partial charge >= 0.3 is 0 Å². The molecule has 0 atom stereocenters. The molecule has 1 heterocycles. The zero-order chi connectivity index (χ0) is 12.4. The van der Waals surface area contributed by atoms with Crippen molar-refractivity contribution in [2.45, 2.75) is 19.8 Å². The van der Waals surface area contributed by atoms with Crippen LogP contribution in [-0.2, 0) is 6.42 Å². The van der Waals surface area contributed by atoms with Crippen molar-refractivity contribution in [3.05, 3.63) is 47.5 Å². The molecule has 2 nitrogen and oxygen atoms in total. The van der Waals surface area contributed by atoms with Crippen LogP contribution in [0.3, 0.4) is 0 Å². The van der Waals surface area contributed by atoms with E-state index in [1.54, 1.807) is 0 Å². The second kappa shape index (κ2) is 4.81. The minimum Gasteiger partial charge on any atom is -0.373 e. The minimum absolute atomic E-state index is 0.927. The van der Waals surface area contributed by atoms with Gasteiger partial charge in [-0.2, -0.15) is 0 Å². The molecule has 2 aromatic rings. The van der Waals surface area contributed by atoms with Gasteiger partial charge in [0, 0.05) is 19.5 Å². The van der Waals surface area contributed by atoms with Crippen molar-refractivity contribution in [1.82, 2.24) is 5.32 Å². The quantitative estimate of drug-likeness (QED) is 0.854. The third-order valence-electron chi connectivity index (χ3n) is 3.64. The number of rotatable bonds is 2. The maximum atomic E-state index is 4.55. The Kier molecular flexibility index (Phi) is 3.01. The second-order valence-corrected chi connectivity index (χ2v) is 4.86. The number of benzene rings is 2. The van der Waals surface area contributed by atoms with E-state index in [1.807, 2.05) is 0 Å². The summed E-state index contributed by atoms with van der Waals surface area (Å²) in [5.41, 5.74) is 2.75. The SMILES string of the molecule is Cc1c(CC2=NCCCN2)ccc2ccccc12. The zero-order valence-electron chi connectivity index (χ0n) is 10.7. The molecule has 0 aromatic heterocycles. The molecule has 0 unspecified atom stereocenters. The molecule has 0 amide bonds. The fraction of sp³-hybridized carbons (Fsp3) is 0.312. The average Bonchev–Trinajstić information content (AvgIpc) is 2.43. The summed E-state index contributed by atoms with van der Waals surface area (Å²) in [5, 5.41) is 6.06. The van der Waals surface area contributed by atoms with Crippen LogP contribution in [0, 0.1) is 6.92 Å². The lowest BCUT2D eigenvalue weighted by Gasteiger charge is -2.16. The molecule has 2 heteroatoms. The van der Waals surface area contributed by atoms with Gasteiger partial charge in [-0.1, -0.05) is 36.4 Å². The van der Waals surface area contributed by atoms with Gasteiger partial charge in [0.05, 0.1) is 0 Å². The molecule has 2 aromatic carbocycles. The highest BCUT2D eigenvalue weighted by molar-refractivity contribution is 5.90. The molecule has 0 saturated carbocycles. The highest BCUT2D eigenvalue weighted by atomic mass is 15.0. The Balaban J connectivity index is 1.97. The van der Waals surface area contributed by atoms with Crippen molar-refractivity contribution in [3.63, 3.8) is 0 Å². The Hall–Kier alpha value is -1.83.